The molecule has 0 heterocycles. The van der Waals surface area contributed by atoms with Gasteiger partial charge in [0, 0.05) is 10.6 Å². The second kappa shape index (κ2) is 8.71. The Labute approximate surface area is 167 Å². The van der Waals surface area contributed by atoms with E-state index < -0.39 is 5.92 Å². The van der Waals surface area contributed by atoms with Crippen molar-refractivity contribution in [1.82, 2.24) is 5.43 Å². The van der Waals surface area contributed by atoms with E-state index in [2.05, 4.69) is 10.5 Å². The summed E-state index contributed by atoms with van der Waals surface area (Å²) >= 11 is 11.8. The van der Waals surface area contributed by atoms with Gasteiger partial charge in [-0.25, -0.2) is 5.43 Å². The molecular weight excluding hydrogens is 383 g/mol. The lowest BCUT2D eigenvalue weighted by Gasteiger charge is -2.16. The van der Waals surface area contributed by atoms with Crippen molar-refractivity contribution >= 4 is 35.3 Å². The number of benzene rings is 3. The Bertz CT molecular complexity index is 921. The fourth-order valence-corrected chi connectivity index (χ4v) is 3.21. The van der Waals surface area contributed by atoms with Crippen LogP contribution in [0.5, 0.6) is 5.75 Å². The van der Waals surface area contributed by atoms with Crippen LogP contribution in [0.2, 0.25) is 10.0 Å². The molecule has 0 radical (unpaired) electrons. The molecule has 136 valence electrons. The van der Waals surface area contributed by atoms with Crippen molar-refractivity contribution in [3.8, 4) is 5.75 Å². The van der Waals surface area contributed by atoms with Crippen molar-refractivity contribution in [2.75, 3.05) is 0 Å². The van der Waals surface area contributed by atoms with Gasteiger partial charge in [-0.2, -0.15) is 5.10 Å². The summed E-state index contributed by atoms with van der Waals surface area (Å²) in [6, 6.07) is 21.8. The maximum atomic E-state index is 12.8. The van der Waals surface area contributed by atoms with E-state index in [9.17, 15) is 9.90 Å². The number of halogens is 2. The summed E-state index contributed by atoms with van der Waals surface area (Å²) in [4.78, 5) is 12.8. The summed E-state index contributed by atoms with van der Waals surface area (Å²) in [5.41, 5.74) is 4.54. The third kappa shape index (κ3) is 4.67. The van der Waals surface area contributed by atoms with Crippen LogP contribution in [0, 0.1) is 0 Å². The first-order chi connectivity index (χ1) is 13.1. The molecule has 0 aliphatic heterocycles. The SMILES string of the molecule is O=C(N/N=C\c1cc(Cl)cc(Cl)c1O)C(c1ccccc1)c1ccccc1. The first-order valence-corrected chi connectivity index (χ1v) is 8.92. The third-order valence-corrected chi connectivity index (χ3v) is 4.47. The normalized spacial score (nSPS) is 11.1. The van der Waals surface area contributed by atoms with Gasteiger partial charge in [0.15, 0.2) is 0 Å². The highest BCUT2D eigenvalue weighted by Gasteiger charge is 2.22. The Morgan fingerprint density at radius 3 is 2.07 bits per heavy atom. The average Bonchev–Trinajstić information content (AvgIpc) is 2.67. The molecule has 0 saturated carbocycles. The number of aromatic hydroxyl groups is 1. The molecule has 0 spiro atoms. The molecular formula is C21H16Cl2N2O2. The number of nitrogens with zero attached hydrogens (tertiary/aromatic N) is 1. The van der Waals surface area contributed by atoms with Crippen molar-refractivity contribution in [3.63, 3.8) is 0 Å². The second-order valence-corrected chi connectivity index (χ2v) is 6.66. The third-order valence-electron chi connectivity index (χ3n) is 3.96. The zero-order chi connectivity index (χ0) is 19.2. The summed E-state index contributed by atoms with van der Waals surface area (Å²) in [7, 11) is 0. The Kier molecular flexibility index (Phi) is 6.12. The molecule has 0 saturated heterocycles. The highest BCUT2D eigenvalue weighted by atomic mass is 35.5. The Morgan fingerprint density at radius 2 is 1.52 bits per heavy atom. The number of rotatable bonds is 5. The molecule has 6 heteroatoms. The summed E-state index contributed by atoms with van der Waals surface area (Å²) in [6.07, 6.45) is 1.30. The standard InChI is InChI=1S/C21H16Cl2N2O2/c22-17-11-16(20(26)18(23)12-17)13-24-25-21(27)19(14-7-3-1-4-8-14)15-9-5-2-6-10-15/h1-13,19,26H,(H,25,27)/b24-13-. The topological polar surface area (TPSA) is 61.7 Å². The van der Waals surface area contributed by atoms with Crippen molar-refractivity contribution in [2.45, 2.75) is 5.92 Å². The molecule has 0 bridgehead atoms. The van der Waals surface area contributed by atoms with Crippen LogP contribution < -0.4 is 5.43 Å². The monoisotopic (exact) mass is 398 g/mol. The van der Waals surface area contributed by atoms with Crippen LogP contribution in [0.4, 0.5) is 0 Å². The van der Waals surface area contributed by atoms with Crippen LogP contribution in [0.3, 0.4) is 0 Å². The number of nitrogens with one attached hydrogen (secondary N) is 1. The minimum absolute atomic E-state index is 0.113. The Hall–Kier alpha value is -2.82. The maximum absolute atomic E-state index is 12.8. The lowest BCUT2D eigenvalue weighted by Crippen LogP contribution is -2.26. The van der Waals surface area contributed by atoms with E-state index >= 15 is 0 Å². The average molecular weight is 399 g/mol. The number of hydrogen-bond donors (Lipinski definition) is 2. The van der Waals surface area contributed by atoms with E-state index in [-0.39, 0.29) is 16.7 Å². The molecule has 3 rings (SSSR count). The van der Waals surface area contributed by atoms with Crippen LogP contribution in [0.15, 0.2) is 77.9 Å². The highest BCUT2D eigenvalue weighted by Crippen LogP contribution is 2.30. The molecule has 27 heavy (non-hydrogen) atoms. The smallest absolute Gasteiger partial charge is 0.252 e. The highest BCUT2D eigenvalue weighted by molar-refractivity contribution is 6.36. The van der Waals surface area contributed by atoms with Gasteiger partial charge in [0.2, 0.25) is 0 Å². The largest absolute Gasteiger partial charge is 0.506 e. The van der Waals surface area contributed by atoms with Crippen LogP contribution in [0.1, 0.15) is 22.6 Å². The van der Waals surface area contributed by atoms with E-state index in [1.165, 1.54) is 18.3 Å². The second-order valence-electron chi connectivity index (χ2n) is 5.81. The minimum Gasteiger partial charge on any atom is -0.506 e. The number of hydrazone groups is 1. The molecule has 0 unspecified atom stereocenters. The number of phenols is 1. The van der Waals surface area contributed by atoms with Crippen LogP contribution >= 0.6 is 23.2 Å². The van der Waals surface area contributed by atoms with Crippen molar-refractivity contribution in [2.24, 2.45) is 5.10 Å². The summed E-state index contributed by atoms with van der Waals surface area (Å²) in [6.45, 7) is 0. The quantitative estimate of drug-likeness (QED) is 0.470. The summed E-state index contributed by atoms with van der Waals surface area (Å²) < 4.78 is 0. The van der Waals surface area contributed by atoms with Crippen molar-refractivity contribution in [3.05, 3.63) is 99.5 Å². The van der Waals surface area contributed by atoms with Gasteiger partial charge in [0.05, 0.1) is 17.2 Å². The molecule has 0 fully saturated rings. The van der Waals surface area contributed by atoms with E-state index in [4.69, 9.17) is 23.2 Å². The molecule has 0 aliphatic carbocycles. The van der Waals surface area contributed by atoms with Gasteiger partial charge in [-0.3, -0.25) is 4.79 Å². The number of amides is 1. The molecule has 3 aromatic carbocycles. The fraction of sp³-hybridized carbons (Fsp3) is 0.0476. The Morgan fingerprint density at radius 1 is 0.963 bits per heavy atom. The lowest BCUT2D eigenvalue weighted by molar-refractivity contribution is -0.121. The van der Waals surface area contributed by atoms with E-state index in [0.717, 1.165) is 11.1 Å². The summed E-state index contributed by atoms with van der Waals surface area (Å²) in [5.74, 6) is -0.959. The molecule has 0 aliphatic rings. The molecule has 2 N–H and O–H groups in total. The van der Waals surface area contributed by atoms with Crippen molar-refractivity contribution in [1.29, 1.82) is 0 Å². The fourth-order valence-electron chi connectivity index (χ4n) is 2.70. The van der Waals surface area contributed by atoms with E-state index in [1.54, 1.807) is 0 Å². The lowest BCUT2D eigenvalue weighted by atomic mass is 9.91. The van der Waals surface area contributed by atoms with Gasteiger partial charge in [0.1, 0.15) is 5.75 Å². The maximum Gasteiger partial charge on any atom is 0.252 e. The van der Waals surface area contributed by atoms with Crippen molar-refractivity contribution < 1.29 is 9.90 Å². The number of carbonyl (C=O) groups excluding carboxylic acids is 1. The first-order valence-electron chi connectivity index (χ1n) is 8.17. The Balaban J connectivity index is 1.84. The number of carbonyl (C=O) groups is 1. The molecule has 0 atom stereocenters. The van der Waals surface area contributed by atoms with Crippen LogP contribution in [-0.2, 0) is 4.79 Å². The zero-order valence-corrected chi connectivity index (χ0v) is 15.7. The molecule has 1 amide bonds. The van der Waals surface area contributed by atoms with E-state index in [1.807, 2.05) is 60.7 Å². The first kappa shape index (κ1) is 19.0. The van der Waals surface area contributed by atoms with Gasteiger partial charge in [0.25, 0.3) is 5.91 Å². The van der Waals surface area contributed by atoms with Gasteiger partial charge < -0.3 is 5.11 Å². The zero-order valence-electron chi connectivity index (χ0n) is 14.1. The van der Waals surface area contributed by atoms with Crippen LogP contribution in [-0.4, -0.2) is 17.2 Å². The van der Waals surface area contributed by atoms with Crippen LogP contribution in [0.25, 0.3) is 0 Å². The predicted octanol–water partition coefficient (Wildman–Crippen LogP) is 4.98. The van der Waals surface area contributed by atoms with E-state index in [0.29, 0.717) is 10.6 Å². The summed E-state index contributed by atoms with van der Waals surface area (Å²) in [5, 5.41) is 14.4. The molecule has 4 nitrogen and oxygen atoms in total. The number of phenolic OH excluding ortho intramolecular Hbond substituents is 1. The van der Waals surface area contributed by atoms with Gasteiger partial charge in [-0.1, -0.05) is 83.9 Å². The number of hydrogen-bond acceptors (Lipinski definition) is 3. The predicted molar refractivity (Wildman–Crippen MR) is 109 cm³/mol. The van der Waals surface area contributed by atoms with Gasteiger partial charge >= 0.3 is 0 Å². The van der Waals surface area contributed by atoms with Gasteiger partial charge in [-0.15, -0.1) is 0 Å². The molecule has 0 aromatic heterocycles. The van der Waals surface area contributed by atoms with Gasteiger partial charge in [-0.05, 0) is 23.3 Å². The molecule has 3 aromatic rings. The minimum atomic E-state index is -0.513.